The van der Waals surface area contributed by atoms with Crippen molar-refractivity contribution < 1.29 is 18.0 Å². The van der Waals surface area contributed by atoms with Crippen LogP contribution >= 0.6 is 0 Å². The van der Waals surface area contributed by atoms with Gasteiger partial charge in [0.15, 0.2) is 15.6 Å². The Hall–Kier alpha value is -2.48. The quantitative estimate of drug-likeness (QED) is 0.791. The van der Waals surface area contributed by atoms with E-state index in [1.807, 2.05) is 13.8 Å². The number of anilines is 1. The number of carbonyl (C=O) groups excluding carboxylic acids is 2. The molecule has 2 aromatic rings. The molecule has 2 heterocycles. The predicted octanol–water partition coefficient (Wildman–Crippen LogP) is 2.24. The molecule has 7 nitrogen and oxygen atoms in total. The number of carbonyl (C=O) groups is 2. The van der Waals surface area contributed by atoms with E-state index in [2.05, 4.69) is 10.4 Å². The molecule has 1 aliphatic rings. The maximum absolute atomic E-state index is 12.4. The highest BCUT2D eigenvalue weighted by Crippen LogP contribution is 2.27. The van der Waals surface area contributed by atoms with E-state index in [4.69, 9.17) is 0 Å². The molecule has 0 spiro atoms. The van der Waals surface area contributed by atoms with Crippen molar-refractivity contribution >= 4 is 27.2 Å². The Balaban J connectivity index is 1.72. The molecule has 0 aliphatic carbocycles. The maximum atomic E-state index is 12.4. The lowest BCUT2D eigenvalue weighted by Crippen LogP contribution is -2.16. The molecule has 1 aromatic heterocycles. The number of benzene rings is 1. The van der Waals surface area contributed by atoms with Crippen molar-refractivity contribution in [3.63, 3.8) is 0 Å². The van der Waals surface area contributed by atoms with Crippen LogP contribution in [-0.4, -0.2) is 41.4 Å². The van der Waals surface area contributed by atoms with Crippen LogP contribution in [0.4, 0.5) is 5.69 Å². The molecule has 144 valence electrons. The predicted molar refractivity (Wildman–Crippen MR) is 103 cm³/mol. The first-order valence-corrected chi connectivity index (χ1v) is 10.6. The number of aromatic nitrogens is 2. The molecule has 8 heteroatoms. The molecule has 0 radical (unpaired) electrons. The van der Waals surface area contributed by atoms with Gasteiger partial charge in [-0.3, -0.25) is 14.3 Å². The molecule has 1 amide bonds. The summed E-state index contributed by atoms with van der Waals surface area (Å²) in [5.41, 5.74) is 3.59. The van der Waals surface area contributed by atoms with E-state index < -0.39 is 9.84 Å². The van der Waals surface area contributed by atoms with Crippen LogP contribution in [0.25, 0.3) is 0 Å². The molecule has 27 heavy (non-hydrogen) atoms. The van der Waals surface area contributed by atoms with Crippen molar-refractivity contribution in [1.29, 1.82) is 0 Å². The van der Waals surface area contributed by atoms with Crippen LogP contribution in [0.15, 0.2) is 24.3 Å². The highest BCUT2D eigenvalue weighted by Gasteiger charge is 2.31. The van der Waals surface area contributed by atoms with Gasteiger partial charge in [0.1, 0.15) is 0 Å². The Kier molecular flexibility index (Phi) is 5.19. The average molecular weight is 389 g/mol. The summed E-state index contributed by atoms with van der Waals surface area (Å²) in [6, 6.07) is 6.58. The van der Waals surface area contributed by atoms with E-state index >= 15 is 0 Å². The number of amides is 1. The summed E-state index contributed by atoms with van der Waals surface area (Å²) in [5.74, 6) is 0.0707. The minimum absolute atomic E-state index is 0.0273. The van der Waals surface area contributed by atoms with Gasteiger partial charge < -0.3 is 5.32 Å². The Morgan fingerprint density at radius 1 is 1.22 bits per heavy atom. The van der Waals surface area contributed by atoms with Crippen molar-refractivity contribution in [1.82, 2.24) is 9.78 Å². The molecule has 1 N–H and O–H groups in total. The standard InChI is InChI=1S/C19H23N3O4S/c1-12-18(13(2)22(21-12)17-8-9-27(25,26)11-17)10-19(24)20-16-6-4-15(5-7-16)14(3)23/h4-7,17H,8-11H2,1-3H3,(H,20,24). The molecule has 0 bridgehead atoms. The van der Waals surface area contributed by atoms with Crippen LogP contribution in [0, 0.1) is 13.8 Å². The number of ketones is 1. The molecule has 1 aliphatic heterocycles. The van der Waals surface area contributed by atoms with Crippen LogP contribution in [0.3, 0.4) is 0 Å². The largest absolute Gasteiger partial charge is 0.326 e. The van der Waals surface area contributed by atoms with Crippen LogP contribution in [0.2, 0.25) is 0 Å². The Labute approximate surface area is 158 Å². The summed E-state index contributed by atoms with van der Waals surface area (Å²) >= 11 is 0. The van der Waals surface area contributed by atoms with Crippen LogP contribution in [-0.2, 0) is 21.1 Å². The zero-order valence-electron chi connectivity index (χ0n) is 15.7. The van der Waals surface area contributed by atoms with Crippen molar-refractivity contribution in [2.24, 2.45) is 0 Å². The second-order valence-corrected chi connectivity index (χ2v) is 9.24. The SMILES string of the molecule is CC(=O)c1ccc(NC(=O)Cc2c(C)nn(C3CCS(=O)(=O)C3)c2C)cc1. The minimum atomic E-state index is -3.00. The molecule has 1 atom stereocenters. The number of nitrogens with one attached hydrogen (secondary N) is 1. The molecule has 1 saturated heterocycles. The molecule has 1 fully saturated rings. The van der Waals surface area contributed by atoms with Gasteiger partial charge in [-0.2, -0.15) is 5.10 Å². The number of rotatable bonds is 5. The van der Waals surface area contributed by atoms with E-state index in [1.54, 1.807) is 28.9 Å². The second-order valence-electron chi connectivity index (χ2n) is 7.01. The van der Waals surface area contributed by atoms with Crippen molar-refractivity contribution in [2.75, 3.05) is 16.8 Å². The van der Waals surface area contributed by atoms with Crippen molar-refractivity contribution in [3.05, 3.63) is 46.8 Å². The van der Waals surface area contributed by atoms with Gasteiger partial charge in [-0.1, -0.05) is 0 Å². The van der Waals surface area contributed by atoms with Crippen LogP contribution < -0.4 is 5.32 Å². The summed E-state index contributed by atoms with van der Waals surface area (Å²) in [6.45, 7) is 5.19. The second kappa shape index (κ2) is 7.26. The fourth-order valence-corrected chi connectivity index (χ4v) is 5.12. The summed E-state index contributed by atoms with van der Waals surface area (Å²) in [7, 11) is -3.00. The number of hydrogen-bond acceptors (Lipinski definition) is 5. The van der Waals surface area contributed by atoms with E-state index in [1.165, 1.54) is 6.92 Å². The number of sulfone groups is 1. The van der Waals surface area contributed by atoms with Gasteiger partial charge in [0.2, 0.25) is 5.91 Å². The molecule has 1 unspecified atom stereocenters. The first-order chi connectivity index (χ1) is 12.7. The summed E-state index contributed by atoms with van der Waals surface area (Å²) in [5, 5.41) is 7.30. The summed E-state index contributed by atoms with van der Waals surface area (Å²) < 4.78 is 25.2. The third-order valence-electron chi connectivity index (χ3n) is 4.94. The first kappa shape index (κ1) is 19.3. The first-order valence-electron chi connectivity index (χ1n) is 8.82. The number of nitrogens with zero attached hydrogens (tertiary/aromatic N) is 2. The fraction of sp³-hybridized carbons (Fsp3) is 0.421. The van der Waals surface area contributed by atoms with Crippen LogP contribution in [0.1, 0.15) is 46.7 Å². The third-order valence-corrected chi connectivity index (χ3v) is 6.69. The van der Waals surface area contributed by atoms with E-state index in [-0.39, 0.29) is 35.7 Å². The van der Waals surface area contributed by atoms with Gasteiger partial charge in [-0.15, -0.1) is 0 Å². The Bertz CT molecular complexity index is 991. The van der Waals surface area contributed by atoms with E-state index in [0.29, 0.717) is 17.7 Å². The molecule has 3 rings (SSSR count). The van der Waals surface area contributed by atoms with Gasteiger partial charge in [-0.25, -0.2) is 8.42 Å². The zero-order valence-corrected chi connectivity index (χ0v) is 16.5. The van der Waals surface area contributed by atoms with Crippen LogP contribution in [0.5, 0.6) is 0 Å². The molecule has 1 aromatic carbocycles. The highest BCUT2D eigenvalue weighted by molar-refractivity contribution is 7.91. The number of aryl methyl sites for hydroxylation is 1. The highest BCUT2D eigenvalue weighted by atomic mass is 32.2. The average Bonchev–Trinajstić information content (AvgIpc) is 3.09. The van der Waals surface area contributed by atoms with E-state index in [0.717, 1.165) is 17.0 Å². The van der Waals surface area contributed by atoms with Gasteiger partial charge in [0.25, 0.3) is 0 Å². The number of hydrogen-bond donors (Lipinski definition) is 1. The number of Topliss-reactive ketones (excluding diaryl/α,β-unsaturated/α-hetero) is 1. The molecular weight excluding hydrogens is 366 g/mol. The third kappa shape index (κ3) is 4.27. The minimum Gasteiger partial charge on any atom is -0.326 e. The lowest BCUT2D eigenvalue weighted by Gasteiger charge is -2.11. The van der Waals surface area contributed by atoms with Gasteiger partial charge >= 0.3 is 0 Å². The van der Waals surface area contributed by atoms with Gasteiger partial charge in [-0.05, 0) is 51.5 Å². The monoisotopic (exact) mass is 389 g/mol. The zero-order chi connectivity index (χ0) is 19.8. The van der Waals surface area contributed by atoms with Gasteiger partial charge in [0.05, 0.1) is 29.7 Å². The van der Waals surface area contributed by atoms with Gasteiger partial charge in [0, 0.05) is 22.5 Å². The normalized spacial score (nSPS) is 18.4. The summed E-state index contributed by atoms with van der Waals surface area (Å²) in [6.07, 6.45) is 0.712. The Morgan fingerprint density at radius 3 is 2.44 bits per heavy atom. The topological polar surface area (TPSA) is 98.1 Å². The van der Waals surface area contributed by atoms with E-state index in [9.17, 15) is 18.0 Å². The lowest BCUT2D eigenvalue weighted by molar-refractivity contribution is -0.115. The molecule has 0 saturated carbocycles. The van der Waals surface area contributed by atoms with Crippen molar-refractivity contribution in [2.45, 2.75) is 39.7 Å². The lowest BCUT2D eigenvalue weighted by atomic mass is 10.1. The van der Waals surface area contributed by atoms with Crippen molar-refractivity contribution in [3.8, 4) is 0 Å². The smallest absolute Gasteiger partial charge is 0.228 e. The molecular formula is C19H23N3O4S. The fourth-order valence-electron chi connectivity index (χ4n) is 3.43. The summed E-state index contributed by atoms with van der Waals surface area (Å²) in [4.78, 5) is 23.7. The maximum Gasteiger partial charge on any atom is 0.228 e. The Morgan fingerprint density at radius 2 is 1.89 bits per heavy atom.